The molecule has 0 aliphatic heterocycles. The highest BCUT2D eigenvalue weighted by Crippen LogP contribution is 2.26. The van der Waals surface area contributed by atoms with Gasteiger partial charge in [0.05, 0.1) is 11.7 Å². The fourth-order valence-corrected chi connectivity index (χ4v) is 3.03. The summed E-state index contributed by atoms with van der Waals surface area (Å²) in [6.07, 6.45) is 2.64. The number of amides is 1. The van der Waals surface area contributed by atoms with Gasteiger partial charge in [-0.05, 0) is 24.4 Å². The van der Waals surface area contributed by atoms with E-state index in [9.17, 15) is 4.79 Å². The maximum Gasteiger partial charge on any atom is 0.280 e. The summed E-state index contributed by atoms with van der Waals surface area (Å²) in [5, 5.41) is 7.12. The van der Waals surface area contributed by atoms with E-state index in [0.717, 1.165) is 27.2 Å². The molecule has 0 unspecified atom stereocenters. The van der Waals surface area contributed by atoms with E-state index in [-0.39, 0.29) is 5.91 Å². The van der Waals surface area contributed by atoms with E-state index in [0.29, 0.717) is 5.75 Å². The fourth-order valence-electron chi connectivity index (χ4n) is 3.03. The Morgan fingerprint density at radius 1 is 1.00 bits per heavy atom. The van der Waals surface area contributed by atoms with Crippen LogP contribution in [-0.2, 0) is 4.79 Å². The zero-order valence-corrected chi connectivity index (χ0v) is 15.4. The number of ether oxygens (including phenoxy) is 1. The van der Waals surface area contributed by atoms with Gasteiger partial charge < -0.3 is 4.74 Å². The molecular formula is C23H19N3O2. The van der Waals surface area contributed by atoms with Gasteiger partial charge in [0, 0.05) is 22.5 Å². The molecule has 3 aromatic carbocycles. The molecule has 0 radical (unpaired) electrons. The molecule has 0 bridgehead atoms. The molecule has 28 heavy (non-hydrogen) atoms. The van der Waals surface area contributed by atoms with Crippen molar-refractivity contribution in [3.63, 3.8) is 0 Å². The van der Waals surface area contributed by atoms with Gasteiger partial charge in [-0.3, -0.25) is 9.78 Å². The number of benzene rings is 3. The molecule has 0 aliphatic rings. The number of nitrogens with zero attached hydrogens (tertiary/aromatic N) is 2. The summed E-state index contributed by atoms with van der Waals surface area (Å²) < 4.78 is 5.86. The van der Waals surface area contributed by atoms with Crippen molar-refractivity contribution in [2.24, 2.45) is 5.10 Å². The Balaban J connectivity index is 1.45. The lowest BCUT2D eigenvalue weighted by atomic mass is 10.1. The van der Waals surface area contributed by atoms with E-state index in [1.165, 1.54) is 0 Å². The number of hydrogen-bond acceptors (Lipinski definition) is 4. The van der Waals surface area contributed by atoms with E-state index < -0.39 is 6.10 Å². The summed E-state index contributed by atoms with van der Waals surface area (Å²) in [5.74, 6) is 0.348. The summed E-state index contributed by atoms with van der Waals surface area (Å²) in [6, 6.07) is 23.4. The number of hydrazone groups is 1. The first kappa shape index (κ1) is 17.7. The molecule has 0 aliphatic carbocycles. The molecule has 5 nitrogen and oxygen atoms in total. The quantitative estimate of drug-likeness (QED) is 0.421. The van der Waals surface area contributed by atoms with Crippen LogP contribution in [0, 0.1) is 0 Å². The van der Waals surface area contributed by atoms with Gasteiger partial charge in [-0.1, -0.05) is 60.7 Å². The number of carbonyl (C=O) groups excluding carboxylic acids is 1. The maximum atomic E-state index is 12.4. The topological polar surface area (TPSA) is 63.6 Å². The number of carbonyl (C=O) groups is 1. The van der Waals surface area contributed by atoms with E-state index in [1.807, 2.05) is 72.8 Å². The van der Waals surface area contributed by atoms with Crippen LogP contribution in [0.1, 0.15) is 12.5 Å². The predicted molar refractivity (Wildman–Crippen MR) is 112 cm³/mol. The molecule has 0 saturated heterocycles. The van der Waals surface area contributed by atoms with Crippen LogP contribution >= 0.6 is 0 Å². The van der Waals surface area contributed by atoms with Crippen LogP contribution in [0.15, 0.2) is 84.1 Å². The smallest absolute Gasteiger partial charge is 0.280 e. The molecule has 0 fully saturated rings. The number of rotatable bonds is 5. The maximum absolute atomic E-state index is 12.4. The van der Waals surface area contributed by atoms with Crippen LogP contribution in [0.4, 0.5) is 0 Å². The first-order valence-electron chi connectivity index (χ1n) is 9.03. The van der Waals surface area contributed by atoms with Gasteiger partial charge in [0.1, 0.15) is 5.75 Å². The van der Waals surface area contributed by atoms with Crippen molar-refractivity contribution in [2.45, 2.75) is 13.0 Å². The van der Waals surface area contributed by atoms with E-state index >= 15 is 0 Å². The van der Waals surface area contributed by atoms with Crippen LogP contribution in [0.25, 0.3) is 21.7 Å². The van der Waals surface area contributed by atoms with Gasteiger partial charge in [0.2, 0.25) is 0 Å². The lowest BCUT2D eigenvalue weighted by Crippen LogP contribution is -2.33. The molecule has 0 saturated carbocycles. The molecule has 1 atom stereocenters. The number of aromatic nitrogens is 1. The molecule has 1 heterocycles. The molecular weight excluding hydrogens is 350 g/mol. The van der Waals surface area contributed by atoms with Gasteiger partial charge in [-0.25, -0.2) is 5.43 Å². The normalized spacial score (nSPS) is 12.3. The summed E-state index contributed by atoms with van der Waals surface area (Å²) in [7, 11) is 0. The van der Waals surface area contributed by atoms with Crippen LogP contribution in [0.3, 0.4) is 0 Å². The Labute approximate surface area is 162 Å². The molecule has 1 aromatic heterocycles. The number of fused-ring (bicyclic) bond motifs is 2. The van der Waals surface area contributed by atoms with Crippen LogP contribution in [0.5, 0.6) is 5.75 Å². The average Bonchev–Trinajstić information content (AvgIpc) is 2.74. The fraction of sp³-hybridized carbons (Fsp3) is 0.0870. The Morgan fingerprint density at radius 2 is 1.75 bits per heavy atom. The van der Waals surface area contributed by atoms with Crippen molar-refractivity contribution in [1.82, 2.24) is 10.4 Å². The lowest BCUT2D eigenvalue weighted by Gasteiger charge is -2.14. The Hall–Kier alpha value is -3.73. The molecule has 1 N–H and O–H groups in total. The summed E-state index contributed by atoms with van der Waals surface area (Å²) in [6.45, 7) is 1.70. The van der Waals surface area contributed by atoms with E-state index in [1.54, 1.807) is 19.3 Å². The first-order chi connectivity index (χ1) is 13.7. The Morgan fingerprint density at radius 3 is 2.68 bits per heavy atom. The summed E-state index contributed by atoms with van der Waals surface area (Å²) in [4.78, 5) is 16.7. The highest BCUT2D eigenvalue weighted by Gasteiger charge is 2.15. The van der Waals surface area contributed by atoms with Crippen LogP contribution in [0.2, 0.25) is 0 Å². The average molecular weight is 369 g/mol. The number of pyridine rings is 1. The van der Waals surface area contributed by atoms with Gasteiger partial charge in [-0.2, -0.15) is 5.10 Å². The van der Waals surface area contributed by atoms with Gasteiger partial charge in [0.15, 0.2) is 6.10 Å². The molecule has 1 amide bonds. The summed E-state index contributed by atoms with van der Waals surface area (Å²) in [5.41, 5.74) is 4.21. The zero-order chi connectivity index (χ0) is 19.3. The highest BCUT2D eigenvalue weighted by molar-refractivity contribution is 5.97. The van der Waals surface area contributed by atoms with Crippen molar-refractivity contribution in [2.75, 3.05) is 0 Å². The number of para-hydroxylation sites is 1. The molecule has 5 heteroatoms. The Bertz CT molecular complexity index is 1160. The lowest BCUT2D eigenvalue weighted by molar-refractivity contribution is -0.127. The minimum absolute atomic E-state index is 0.322. The van der Waals surface area contributed by atoms with Crippen molar-refractivity contribution < 1.29 is 9.53 Å². The van der Waals surface area contributed by atoms with Gasteiger partial charge in [-0.15, -0.1) is 0 Å². The minimum Gasteiger partial charge on any atom is -0.480 e. The molecule has 0 spiro atoms. The minimum atomic E-state index is -0.686. The largest absolute Gasteiger partial charge is 0.480 e. The van der Waals surface area contributed by atoms with Gasteiger partial charge in [0.25, 0.3) is 5.91 Å². The standard InChI is InChI=1S/C23H19N3O2/c1-16(28-21-13-5-8-17-7-2-3-12-20(17)21)23(27)26-25-15-19-10-4-9-18-11-6-14-24-22(18)19/h2-16H,1H3,(H,26,27)/b25-15-/t16-/m0/s1. The summed E-state index contributed by atoms with van der Waals surface area (Å²) >= 11 is 0. The van der Waals surface area contributed by atoms with Crippen LogP contribution < -0.4 is 10.2 Å². The van der Waals surface area contributed by atoms with Crippen molar-refractivity contribution in [3.8, 4) is 5.75 Å². The molecule has 138 valence electrons. The zero-order valence-electron chi connectivity index (χ0n) is 15.4. The highest BCUT2D eigenvalue weighted by atomic mass is 16.5. The monoisotopic (exact) mass is 369 g/mol. The predicted octanol–water partition coefficient (Wildman–Crippen LogP) is 4.31. The van der Waals surface area contributed by atoms with E-state index in [4.69, 9.17) is 4.74 Å². The molecule has 4 aromatic rings. The van der Waals surface area contributed by atoms with E-state index in [2.05, 4.69) is 15.5 Å². The van der Waals surface area contributed by atoms with Crippen molar-refractivity contribution >= 4 is 33.8 Å². The third kappa shape index (κ3) is 3.69. The SMILES string of the molecule is C[C@H](Oc1cccc2ccccc12)C(=O)N/N=C\c1cccc2cccnc12. The second-order valence-electron chi connectivity index (χ2n) is 6.39. The first-order valence-corrected chi connectivity index (χ1v) is 9.03. The van der Waals surface area contributed by atoms with Gasteiger partial charge >= 0.3 is 0 Å². The third-order valence-electron chi connectivity index (χ3n) is 4.46. The second-order valence-corrected chi connectivity index (χ2v) is 6.39. The van der Waals surface area contributed by atoms with Crippen LogP contribution in [-0.4, -0.2) is 23.2 Å². The third-order valence-corrected chi connectivity index (χ3v) is 4.46. The number of hydrogen-bond donors (Lipinski definition) is 1. The van der Waals surface area contributed by atoms with Crippen molar-refractivity contribution in [1.29, 1.82) is 0 Å². The van der Waals surface area contributed by atoms with Crippen molar-refractivity contribution in [3.05, 3.63) is 84.6 Å². The Kier molecular flexibility index (Phi) is 4.97. The molecule has 4 rings (SSSR count). The number of nitrogens with one attached hydrogen (secondary N) is 1. The second kappa shape index (κ2) is 7.88.